The van der Waals surface area contributed by atoms with Gasteiger partial charge in [-0.25, -0.2) is 4.57 Å². The second-order valence-corrected chi connectivity index (χ2v) is 17.0. The van der Waals surface area contributed by atoms with E-state index in [-0.39, 0.29) is 12.8 Å². The Morgan fingerprint density at radius 1 is 0.449 bits per heavy atom. The first kappa shape index (κ1) is 63.8. The molecule has 0 heterocycles. The molecule has 0 rings (SSSR count). The summed E-state index contributed by atoms with van der Waals surface area (Å²) in [5.74, 6) is -2.73. The summed E-state index contributed by atoms with van der Waals surface area (Å²) in [6.45, 7) is 2.47. The molecule has 0 aliphatic carbocycles. The number of aliphatic carboxylic acids is 1. The number of ether oxygens (including phenoxy) is 2. The number of carbonyl (C=O) groups excluding carboxylic acids is 2. The van der Waals surface area contributed by atoms with Crippen molar-refractivity contribution < 1.29 is 47.5 Å². The van der Waals surface area contributed by atoms with Gasteiger partial charge in [0, 0.05) is 0 Å². The molecule has 4 N–H and O–H groups in total. The van der Waals surface area contributed by atoms with E-state index in [9.17, 15) is 23.8 Å². The summed E-state index contributed by atoms with van der Waals surface area (Å²) in [7, 11) is -4.78. The molecule has 12 heteroatoms. The van der Waals surface area contributed by atoms with Crippen LogP contribution in [0.2, 0.25) is 0 Å². The first-order valence-electron chi connectivity index (χ1n) is 24.7. The molecule has 0 spiro atoms. The molecule has 0 fully saturated rings. The van der Waals surface area contributed by atoms with Crippen molar-refractivity contribution in [3.8, 4) is 0 Å². The van der Waals surface area contributed by atoms with Gasteiger partial charge in [0.05, 0.1) is 26.1 Å². The molecule has 0 aromatic carbocycles. The van der Waals surface area contributed by atoms with Gasteiger partial charge < -0.3 is 25.2 Å². The Hall–Kier alpha value is -5.16. The maximum absolute atomic E-state index is 12.6. The number of carboxylic acids is 1. The molecule has 0 aromatic heterocycles. The highest BCUT2D eigenvalue weighted by Gasteiger charge is 2.28. The van der Waals surface area contributed by atoms with E-state index in [1.807, 2.05) is 30.4 Å². The van der Waals surface area contributed by atoms with Gasteiger partial charge in [0.25, 0.3) is 0 Å². The summed E-state index contributed by atoms with van der Waals surface area (Å²) in [6.07, 6.45) is 73.3. The average molecular weight is 974 g/mol. The largest absolute Gasteiger partial charge is 0.480 e. The second-order valence-electron chi connectivity index (χ2n) is 15.6. The maximum Gasteiger partial charge on any atom is 0.472 e. The van der Waals surface area contributed by atoms with Gasteiger partial charge in [0.1, 0.15) is 12.6 Å². The molecular formula is C57H84NO10P. The van der Waals surface area contributed by atoms with Crippen LogP contribution in [0.4, 0.5) is 0 Å². The maximum atomic E-state index is 12.6. The average Bonchev–Trinajstić information content (AvgIpc) is 3.33. The van der Waals surface area contributed by atoms with E-state index in [1.54, 1.807) is 18.2 Å². The zero-order valence-corrected chi connectivity index (χ0v) is 42.5. The van der Waals surface area contributed by atoms with Crippen molar-refractivity contribution >= 4 is 25.7 Å². The minimum Gasteiger partial charge on any atom is -0.480 e. The summed E-state index contributed by atoms with van der Waals surface area (Å²) in [5, 5.41) is 8.91. The molecular weight excluding hydrogens is 890 g/mol. The SMILES string of the molecule is CCCC=CCC=CCC=CCC=CCC=CCC=CCC=CCC(=O)O[C@H](COC(=O)CC=CCC=CCC=CCC=CCC=CCC=CCC=CCCCC)COP(=O)(O)OC[C@H](N)C(=O)O. The Morgan fingerprint density at radius 2 is 0.768 bits per heavy atom. The summed E-state index contributed by atoms with van der Waals surface area (Å²) in [6, 6.07) is -1.56. The van der Waals surface area contributed by atoms with Crippen molar-refractivity contribution in [2.45, 2.75) is 148 Å². The zero-order chi connectivity index (χ0) is 50.6. The van der Waals surface area contributed by atoms with Crippen molar-refractivity contribution in [1.29, 1.82) is 0 Å². The van der Waals surface area contributed by atoms with Crippen LogP contribution >= 0.6 is 7.82 Å². The highest BCUT2D eigenvalue weighted by atomic mass is 31.2. The molecule has 0 bridgehead atoms. The lowest BCUT2D eigenvalue weighted by Crippen LogP contribution is -2.34. The van der Waals surface area contributed by atoms with Gasteiger partial charge in [-0.05, 0) is 89.9 Å². The summed E-state index contributed by atoms with van der Waals surface area (Å²) in [5.41, 5.74) is 5.33. The Labute approximate surface area is 415 Å². The van der Waals surface area contributed by atoms with Crippen LogP contribution in [0.25, 0.3) is 0 Å². The van der Waals surface area contributed by atoms with Gasteiger partial charge in [-0.1, -0.05) is 203 Å². The van der Waals surface area contributed by atoms with E-state index >= 15 is 0 Å². The van der Waals surface area contributed by atoms with Crippen molar-refractivity contribution in [1.82, 2.24) is 0 Å². The van der Waals surface area contributed by atoms with Gasteiger partial charge in [-0.2, -0.15) is 0 Å². The first-order chi connectivity index (χ1) is 33.6. The van der Waals surface area contributed by atoms with E-state index in [2.05, 4.69) is 140 Å². The predicted octanol–water partition coefficient (Wildman–Crippen LogP) is 14.2. The van der Waals surface area contributed by atoms with Crippen LogP contribution in [0.1, 0.15) is 136 Å². The normalized spacial score (nSPS) is 15.0. The third-order valence-corrected chi connectivity index (χ3v) is 10.2. The van der Waals surface area contributed by atoms with Gasteiger partial charge >= 0.3 is 25.7 Å². The Balaban J connectivity index is 4.62. The highest BCUT2D eigenvalue weighted by Crippen LogP contribution is 2.43. The lowest BCUT2D eigenvalue weighted by Gasteiger charge is -2.20. The highest BCUT2D eigenvalue weighted by molar-refractivity contribution is 7.47. The van der Waals surface area contributed by atoms with Crippen LogP contribution in [0, 0.1) is 0 Å². The fraction of sp³-hybridized carbons (Fsp3) is 0.456. The zero-order valence-electron chi connectivity index (χ0n) is 41.6. The number of phosphoric ester groups is 1. The summed E-state index contributed by atoms with van der Waals surface area (Å²) >= 11 is 0. The van der Waals surface area contributed by atoms with E-state index < -0.39 is 57.7 Å². The number of allylic oxidation sites excluding steroid dienone is 26. The smallest absolute Gasteiger partial charge is 0.472 e. The summed E-state index contributed by atoms with van der Waals surface area (Å²) in [4.78, 5) is 46.0. The quantitative estimate of drug-likeness (QED) is 0.0230. The minimum atomic E-state index is -4.78. The molecule has 0 aliphatic heterocycles. The fourth-order valence-corrected chi connectivity index (χ4v) is 6.17. The molecule has 1 unspecified atom stereocenters. The number of rotatable bonds is 43. The van der Waals surface area contributed by atoms with Crippen LogP contribution < -0.4 is 5.73 Å². The standard InChI is InChI=1S/C57H84NO10P/c1-3-5-7-9-11-13-15-17-19-21-23-25-27-29-30-32-34-36-38-40-42-44-46-48-55(59)65-50-53(51-66-69(63,64)67-52-54(58)57(61)62)68-56(60)49-47-45-43-41-39-37-35-33-31-28-26-24-22-20-18-16-14-12-10-8-6-4-2/h8-11,14-17,20-23,26-29,32-35,38-41,44-47,53-54H,3-7,12-13,18-19,24-25,30-31,36-37,42-43,48-52,58H2,1-2H3,(H,61,62)(H,63,64)/t53-,54+/m1/s1. The minimum absolute atomic E-state index is 0.0453. The molecule has 0 aromatic rings. The number of esters is 2. The lowest BCUT2D eigenvalue weighted by molar-refractivity contribution is -0.160. The van der Waals surface area contributed by atoms with E-state index in [0.29, 0.717) is 12.8 Å². The van der Waals surface area contributed by atoms with E-state index in [1.165, 1.54) is 25.7 Å². The molecule has 0 aliphatic rings. The third kappa shape index (κ3) is 49.1. The van der Waals surface area contributed by atoms with Crippen molar-refractivity contribution in [3.63, 3.8) is 0 Å². The first-order valence-corrected chi connectivity index (χ1v) is 26.2. The molecule has 11 nitrogen and oxygen atoms in total. The molecule has 0 saturated carbocycles. The van der Waals surface area contributed by atoms with Crippen LogP contribution in [0.15, 0.2) is 170 Å². The second kappa shape index (κ2) is 49.3. The number of carbonyl (C=O) groups is 3. The van der Waals surface area contributed by atoms with Gasteiger partial charge in [0.2, 0.25) is 0 Å². The van der Waals surface area contributed by atoms with Crippen molar-refractivity contribution in [3.05, 3.63) is 170 Å². The molecule has 69 heavy (non-hydrogen) atoms. The Morgan fingerprint density at radius 3 is 1.12 bits per heavy atom. The van der Waals surface area contributed by atoms with Crippen LogP contribution in [-0.4, -0.2) is 59.9 Å². The fourth-order valence-electron chi connectivity index (χ4n) is 5.39. The number of hydrogen-bond donors (Lipinski definition) is 3. The molecule has 0 radical (unpaired) electrons. The molecule has 0 amide bonds. The third-order valence-electron chi connectivity index (χ3n) is 9.23. The molecule has 3 atom stereocenters. The Kier molecular flexibility index (Phi) is 45.6. The number of unbranched alkanes of at least 4 members (excludes halogenated alkanes) is 3. The van der Waals surface area contributed by atoms with Gasteiger partial charge in [-0.15, -0.1) is 0 Å². The number of nitrogens with two attached hydrogens (primary N) is 1. The van der Waals surface area contributed by atoms with Gasteiger partial charge in [0.15, 0.2) is 6.10 Å². The van der Waals surface area contributed by atoms with E-state index in [4.69, 9.17) is 24.8 Å². The molecule has 382 valence electrons. The lowest BCUT2D eigenvalue weighted by atomic mass is 10.2. The monoisotopic (exact) mass is 974 g/mol. The van der Waals surface area contributed by atoms with Gasteiger partial charge in [-0.3, -0.25) is 23.4 Å². The van der Waals surface area contributed by atoms with Crippen molar-refractivity contribution in [2.75, 3.05) is 19.8 Å². The Bertz CT molecular complexity index is 1810. The number of hydrogen-bond acceptors (Lipinski definition) is 9. The van der Waals surface area contributed by atoms with Crippen LogP contribution in [0.5, 0.6) is 0 Å². The number of phosphoric acid groups is 1. The van der Waals surface area contributed by atoms with E-state index in [0.717, 1.165) is 70.6 Å². The summed E-state index contributed by atoms with van der Waals surface area (Å²) < 4.78 is 32.5. The van der Waals surface area contributed by atoms with Crippen LogP contribution in [0.3, 0.4) is 0 Å². The molecule has 0 saturated heterocycles. The van der Waals surface area contributed by atoms with Crippen molar-refractivity contribution in [2.24, 2.45) is 5.73 Å². The predicted molar refractivity (Wildman–Crippen MR) is 285 cm³/mol. The number of carboxylic acid groups (broad SMARTS) is 1. The topological polar surface area (TPSA) is 172 Å². The van der Waals surface area contributed by atoms with Crippen LogP contribution in [-0.2, 0) is 37.5 Å².